The number of esters is 1. The van der Waals surface area contributed by atoms with Gasteiger partial charge in [-0.15, -0.1) is 11.3 Å². The van der Waals surface area contributed by atoms with Crippen LogP contribution in [0.4, 0.5) is 0 Å². The van der Waals surface area contributed by atoms with E-state index in [0.29, 0.717) is 6.42 Å². The molecule has 3 heteroatoms. The zero-order chi connectivity index (χ0) is 14.8. The number of carbonyl (C=O) groups excluding carboxylic acids is 1. The van der Waals surface area contributed by atoms with Crippen LogP contribution in [0.3, 0.4) is 0 Å². The first kappa shape index (κ1) is 13.8. The third-order valence-electron chi connectivity index (χ3n) is 3.62. The average Bonchev–Trinajstić information content (AvgIpc) is 2.96. The molecule has 0 spiro atoms. The molecule has 0 unspecified atom stereocenters. The largest absolute Gasteiger partial charge is 0.469 e. The Balaban J connectivity index is 2.05. The van der Waals surface area contributed by atoms with Crippen LogP contribution in [0.1, 0.15) is 10.4 Å². The third-order valence-corrected chi connectivity index (χ3v) is 4.73. The van der Waals surface area contributed by atoms with Crippen molar-refractivity contribution in [2.24, 2.45) is 0 Å². The van der Waals surface area contributed by atoms with Gasteiger partial charge in [-0.25, -0.2) is 0 Å². The predicted octanol–water partition coefficient (Wildman–Crippen LogP) is 4.59. The van der Waals surface area contributed by atoms with Gasteiger partial charge < -0.3 is 4.74 Å². The van der Waals surface area contributed by atoms with Crippen molar-refractivity contribution in [3.63, 3.8) is 0 Å². The number of hydrogen-bond acceptors (Lipinski definition) is 3. The van der Waals surface area contributed by atoms with Crippen LogP contribution in [-0.2, 0) is 16.0 Å². The van der Waals surface area contributed by atoms with Gasteiger partial charge in [0.1, 0.15) is 0 Å². The number of methoxy groups -OCH3 is 1. The fraction of sp³-hybridized carbons (Fsp3) is 0.167. The van der Waals surface area contributed by atoms with Gasteiger partial charge in [0, 0.05) is 9.75 Å². The summed E-state index contributed by atoms with van der Waals surface area (Å²) in [4.78, 5) is 13.6. The second-order valence-electron chi connectivity index (χ2n) is 4.99. The molecule has 0 aliphatic carbocycles. The lowest BCUT2D eigenvalue weighted by molar-refractivity contribution is -0.139. The minimum atomic E-state index is -0.197. The lowest BCUT2D eigenvalue weighted by atomic mass is 9.99. The highest BCUT2D eigenvalue weighted by molar-refractivity contribution is 7.15. The summed E-state index contributed by atoms with van der Waals surface area (Å²) < 4.78 is 4.72. The molecule has 0 N–H and O–H groups in total. The van der Waals surface area contributed by atoms with Gasteiger partial charge in [-0.3, -0.25) is 4.79 Å². The van der Waals surface area contributed by atoms with E-state index < -0.39 is 0 Å². The van der Waals surface area contributed by atoms with E-state index in [2.05, 4.69) is 49.4 Å². The molecular weight excluding hydrogens is 280 g/mol. The summed E-state index contributed by atoms with van der Waals surface area (Å²) in [7, 11) is 1.42. The lowest BCUT2D eigenvalue weighted by Gasteiger charge is -2.07. The first-order valence-electron chi connectivity index (χ1n) is 6.83. The van der Waals surface area contributed by atoms with E-state index in [1.165, 1.54) is 33.9 Å². The molecule has 1 heterocycles. The minimum absolute atomic E-state index is 0.197. The molecule has 0 fully saturated rings. The number of benzene rings is 2. The second kappa shape index (κ2) is 5.70. The molecule has 0 saturated heterocycles. The summed E-state index contributed by atoms with van der Waals surface area (Å²) in [5, 5.41) is 2.53. The van der Waals surface area contributed by atoms with E-state index in [1.54, 1.807) is 11.3 Å². The van der Waals surface area contributed by atoms with Gasteiger partial charge in [0.05, 0.1) is 13.5 Å². The van der Waals surface area contributed by atoms with Gasteiger partial charge in [-0.1, -0.05) is 36.4 Å². The highest BCUT2D eigenvalue weighted by atomic mass is 32.1. The summed E-state index contributed by atoms with van der Waals surface area (Å²) in [6.45, 7) is 2.13. The number of rotatable bonds is 3. The molecule has 3 aromatic rings. The number of fused-ring (bicyclic) bond motifs is 1. The Morgan fingerprint density at radius 2 is 1.81 bits per heavy atom. The molecule has 0 amide bonds. The molecule has 3 rings (SSSR count). The van der Waals surface area contributed by atoms with E-state index in [-0.39, 0.29) is 5.97 Å². The molecule has 0 aliphatic heterocycles. The van der Waals surface area contributed by atoms with E-state index in [1.807, 2.05) is 6.07 Å². The lowest BCUT2D eigenvalue weighted by Crippen LogP contribution is -2.02. The van der Waals surface area contributed by atoms with E-state index in [0.717, 1.165) is 4.88 Å². The van der Waals surface area contributed by atoms with Crippen molar-refractivity contribution >= 4 is 28.1 Å². The van der Waals surface area contributed by atoms with Crippen LogP contribution in [0, 0.1) is 6.92 Å². The third kappa shape index (κ3) is 2.69. The van der Waals surface area contributed by atoms with E-state index in [9.17, 15) is 4.79 Å². The van der Waals surface area contributed by atoms with E-state index >= 15 is 0 Å². The molecule has 106 valence electrons. The van der Waals surface area contributed by atoms with Gasteiger partial charge in [0.15, 0.2) is 0 Å². The van der Waals surface area contributed by atoms with Crippen LogP contribution in [0.25, 0.3) is 21.2 Å². The maximum Gasteiger partial charge on any atom is 0.310 e. The fourth-order valence-electron chi connectivity index (χ4n) is 2.50. The summed E-state index contributed by atoms with van der Waals surface area (Å²) in [5.41, 5.74) is 2.50. The Hall–Kier alpha value is -2.13. The normalized spacial score (nSPS) is 10.8. The van der Waals surface area contributed by atoms with Crippen molar-refractivity contribution in [3.05, 3.63) is 59.0 Å². The molecule has 0 bridgehead atoms. The molecule has 2 aromatic carbocycles. The van der Waals surface area contributed by atoms with Gasteiger partial charge in [-0.05, 0) is 41.0 Å². The molecule has 0 radical (unpaired) electrons. The molecule has 1 aromatic heterocycles. The van der Waals surface area contributed by atoms with Crippen molar-refractivity contribution in [1.29, 1.82) is 0 Å². The smallest absolute Gasteiger partial charge is 0.310 e. The molecule has 2 nitrogen and oxygen atoms in total. The molecule has 21 heavy (non-hydrogen) atoms. The van der Waals surface area contributed by atoms with Crippen molar-refractivity contribution in [2.45, 2.75) is 13.3 Å². The Bertz CT molecular complexity index is 802. The number of aryl methyl sites for hydroxylation is 1. The quantitative estimate of drug-likeness (QED) is 0.661. The Labute approximate surface area is 128 Å². The Kier molecular flexibility index (Phi) is 3.76. The van der Waals surface area contributed by atoms with Crippen LogP contribution in [-0.4, -0.2) is 13.1 Å². The Morgan fingerprint density at radius 3 is 2.57 bits per heavy atom. The Morgan fingerprint density at radius 1 is 1.05 bits per heavy atom. The number of ether oxygens (including phenoxy) is 1. The number of carbonyl (C=O) groups is 1. The summed E-state index contributed by atoms with van der Waals surface area (Å²) in [6.07, 6.45) is 0.338. The fourth-order valence-corrected chi connectivity index (χ4v) is 3.53. The summed E-state index contributed by atoms with van der Waals surface area (Å²) in [5.74, 6) is -0.197. The highest BCUT2D eigenvalue weighted by Gasteiger charge is 2.10. The maximum absolute atomic E-state index is 11.4. The molecule has 0 saturated carbocycles. The highest BCUT2D eigenvalue weighted by Crippen LogP contribution is 2.35. The summed E-state index contributed by atoms with van der Waals surface area (Å²) in [6, 6.07) is 16.8. The first-order chi connectivity index (χ1) is 10.2. The van der Waals surface area contributed by atoms with Crippen LogP contribution < -0.4 is 0 Å². The number of thiophene rings is 1. The van der Waals surface area contributed by atoms with Crippen LogP contribution in [0.5, 0.6) is 0 Å². The topological polar surface area (TPSA) is 26.3 Å². The summed E-state index contributed by atoms with van der Waals surface area (Å²) >= 11 is 1.65. The SMILES string of the molecule is COC(=O)Cc1ccc(-c2ccc(C)c3ccccc23)s1. The molecular formula is C18H16O2S. The van der Waals surface area contributed by atoms with Crippen molar-refractivity contribution < 1.29 is 9.53 Å². The first-order valence-corrected chi connectivity index (χ1v) is 7.65. The average molecular weight is 296 g/mol. The van der Waals surface area contributed by atoms with Crippen LogP contribution >= 0.6 is 11.3 Å². The van der Waals surface area contributed by atoms with Gasteiger partial charge in [0.25, 0.3) is 0 Å². The van der Waals surface area contributed by atoms with Crippen molar-refractivity contribution in [3.8, 4) is 10.4 Å². The second-order valence-corrected chi connectivity index (χ2v) is 6.16. The molecule has 0 aliphatic rings. The van der Waals surface area contributed by atoms with Gasteiger partial charge in [0.2, 0.25) is 0 Å². The van der Waals surface area contributed by atoms with Crippen LogP contribution in [0.15, 0.2) is 48.5 Å². The van der Waals surface area contributed by atoms with Gasteiger partial charge >= 0.3 is 5.97 Å². The molecule has 0 atom stereocenters. The zero-order valence-corrected chi connectivity index (χ0v) is 12.9. The van der Waals surface area contributed by atoms with Crippen LogP contribution in [0.2, 0.25) is 0 Å². The van der Waals surface area contributed by atoms with E-state index in [4.69, 9.17) is 4.74 Å². The minimum Gasteiger partial charge on any atom is -0.469 e. The number of hydrogen-bond donors (Lipinski definition) is 0. The zero-order valence-electron chi connectivity index (χ0n) is 12.1. The van der Waals surface area contributed by atoms with Gasteiger partial charge in [-0.2, -0.15) is 0 Å². The maximum atomic E-state index is 11.4. The monoisotopic (exact) mass is 296 g/mol. The van der Waals surface area contributed by atoms with Crippen molar-refractivity contribution in [2.75, 3.05) is 7.11 Å². The van der Waals surface area contributed by atoms with Crippen molar-refractivity contribution in [1.82, 2.24) is 0 Å². The predicted molar refractivity (Wildman–Crippen MR) is 87.7 cm³/mol. The standard InChI is InChI=1S/C18H16O2S/c1-12-7-9-16(15-6-4-3-5-14(12)15)17-10-8-13(21-17)11-18(19)20-2/h3-10H,11H2,1-2H3.